The van der Waals surface area contributed by atoms with E-state index in [0.29, 0.717) is 34.3 Å². The third-order valence-electron chi connectivity index (χ3n) is 5.86. The molecule has 0 aromatic heterocycles. The number of carbonyl (C=O) groups excluding carboxylic acids is 2. The summed E-state index contributed by atoms with van der Waals surface area (Å²) in [6, 6.07) is 19.8. The van der Waals surface area contributed by atoms with Crippen molar-refractivity contribution >= 4 is 35.0 Å². The van der Waals surface area contributed by atoms with E-state index in [4.69, 9.17) is 27.9 Å². The first kappa shape index (κ1) is 27.6. The smallest absolute Gasteiger partial charge is 0.261 e. The van der Waals surface area contributed by atoms with Crippen LogP contribution < -0.4 is 10.1 Å². The highest BCUT2D eigenvalue weighted by molar-refractivity contribution is 6.35. The Kier molecular flexibility index (Phi) is 10.2. The Balaban J connectivity index is 1.93. The molecule has 0 radical (unpaired) electrons. The molecule has 7 heteroatoms. The van der Waals surface area contributed by atoms with Gasteiger partial charge >= 0.3 is 0 Å². The highest BCUT2D eigenvalue weighted by atomic mass is 35.5. The molecule has 0 saturated heterocycles. The number of nitrogens with one attached hydrogen (secondary N) is 1. The van der Waals surface area contributed by atoms with Crippen LogP contribution in [0.4, 0.5) is 0 Å². The SMILES string of the molecule is CCCNC(=O)[C@H](Cc1ccccc1)N(Cc1ccc(Cl)cc1Cl)C(=O)COc1ccc(C)cc1C. The normalized spacial score (nSPS) is 11.6. The molecule has 0 unspecified atom stereocenters. The highest BCUT2D eigenvalue weighted by Crippen LogP contribution is 2.25. The lowest BCUT2D eigenvalue weighted by molar-refractivity contribution is -0.142. The van der Waals surface area contributed by atoms with E-state index in [1.807, 2.05) is 69.3 Å². The Hall–Kier alpha value is -3.02. The maximum atomic E-state index is 13.6. The van der Waals surface area contributed by atoms with Gasteiger partial charge in [-0.25, -0.2) is 0 Å². The summed E-state index contributed by atoms with van der Waals surface area (Å²) >= 11 is 12.5. The van der Waals surface area contributed by atoms with Gasteiger partial charge in [0.15, 0.2) is 6.61 Å². The highest BCUT2D eigenvalue weighted by Gasteiger charge is 2.31. The van der Waals surface area contributed by atoms with E-state index in [1.54, 1.807) is 23.1 Å². The van der Waals surface area contributed by atoms with E-state index >= 15 is 0 Å². The number of nitrogens with zero attached hydrogens (tertiary/aromatic N) is 1. The fourth-order valence-electron chi connectivity index (χ4n) is 3.94. The number of rotatable bonds is 11. The van der Waals surface area contributed by atoms with Crippen LogP contribution in [-0.2, 0) is 22.6 Å². The molecule has 0 saturated carbocycles. The zero-order valence-corrected chi connectivity index (χ0v) is 22.4. The largest absolute Gasteiger partial charge is 0.483 e. The van der Waals surface area contributed by atoms with E-state index in [1.165, 1.54) is 0 Å². The third kappa shape index (κ3) is 7.74. The minimum Gasteiger partial charge on any atom is -0.483 e. The molecule has 0 aliphatic heterocycles. The molecule has 1 N–H and O–H groups in total. The Morgan fingerprint density at radius 3 is 2.42 bits per heavy atom. The third-order valence-corrected chi connectivity index (χ3v) is 6.44. The molecule has 5 nitrogen and oxygen atoms in total. The summed E-state index contributed by atoms with van der Waals surface area (Å²) in [5, 5.41) is 3.89. The monoisotopic (exact) mass is 526 g/mol. The van der Waals surface area contributed by atoms with Gasteiger partial charge in [-0.1, -0.05) is 84.2 Å². The van der Waals surface area contributed by atoms with Crippen LogP contribution in [0.25, 0.3) is 0 Å². The topological polar surface area (TPSA) is 58.6 Å². The van der Waals surface area contributed by atoms with Gasteiger partial charge in [-0.3, -0.25) is 9.59 Å². The van der Waals surface area contributed by atoms with Gasteiger partial charge in [0, 0.05) is 29.6 Å². The number of benzene rings is 3. The van der Waals surface area contributed by atoms with E-state index in [2.05, 4.69) is 5.32 Å². The Morgan fingerprint density at radius 1 is 1.00 bits per heavy atom. The van der Waals surface area contributed by atoms with Crippen LogP contribution in [0.5, 0.6) is 5.75 Å². The lowest BCUT2D eigenvalue weighted by atomic mass is 10.0. The summed E-state index contributed by atoms with van der Waals surface area (Å²) in [4.78, 5) is 28.5. The molecule has 2 amide bonds. The first-order chi connectivity index (χ1) is 17.3. The summed E-state index contributed by atoms with van der Waals surface area (Å²) in [6.07, 6.45) is 1.15. The van der Waals surface area contributed by atoms with Crippen molar-refractivity contribution in [2.75, 3.05) is 13.2 Å². The van der Waals surface area contributed by atoms with Crippen molar-refractivity contribution < 1.29 is 14.3 Å². The maximum absolute atomic E-state index is 13.6. The van der Waals surface area contributed by atoms with Gasteiger partial charge in [0.1, 0.15) is 11.8 Å². The van der Waals surface area contributed by atoms with E-state index in [-0.39, 0.29) is 25.0 Å². The average Bonchev–Trinajstić information content (AvgIpc) is 2.85. The average molecular weight is 527 g/mol. The number of halogens is 2. The first-order valence-corrected chi connectivity index (χ1v) is 12.8. The number of carbonyl (C=O) groups is 2. The Labute approximate surface area is 223 Å². The van der Waals surface area contributed by atoms with Gasteiger partial charge in [-0.05, 0) is 55.2 Å². The number of aryl methyl sites for hydroxylation is 2. The molecule has 3 aromatic rings. The summed E-state index contributed by atoms with van der Waals surface area (Å²) in [5.74, 6) is 0.104. The van der Waals surface area contributed by atoms with Crippen LogP contribution in [-0.4, -0.2) is 35.9 Å². The Morgan fingerprint density at radius 2 is 1.75 bits per heavy atom. The van der Waals surface area contributed by atoms with Crippen molar-refractivity contribution in [3.05, 3.63) is 99.0 Å². The zero-order chi connectivity index (χ0) is 26.1. The fraction of sp³-hybridized carbons (Fsp3) is 0.310. The standard InChI is InChI=1S/C29H32Cl2N2O3/c1-4-14-32-29(35)26(16-22-8-6-5-7-9-22)33(18-23-11-12-24(30)17-25(23)31)28(34)19-36-27-13-10-20(2)15-21(27)3/h5-13,15,17,26H,4,14,16,18-19H2,1-3H3,(H,32,35)/t26-/m0/s1. The molecular weight excluding hydrogens is 495 g/mol. The van der Waals surface area contributed by atoms with Gasteiger partial charge in [-0.2, -0.15) is 0 Å². The molecule has 0 fully saturated rings. The zero-order valence-electron chi connectivity index (χ0n) is 20.9. The summed E-state index contributed by atoms with van der Waals surface area (Å²) in [6.45, 7) is 6.38. The number of ether oxygens (including phenoxy) is 1. The second-order valence-corrected chi connectivity index (χ2v) is 9.66. The van der Waals surface area contributed by atoms with Gasteiger partial charge in [0.2, 0.25) is 5.91 Å². The van der Waals surface area contributed by atoms with E-state index < -0.39 is 6.04 Å². The predicted octanol–water partition coefficient (Wildman–Crippen LogP) is 6.16. The van der Waals surface area contributed by atoms with Gasteiger partial charge < -0.3 is 15.0 Å². The molecule has 0 aliphatic rings. The van der Waals surface area contributed by atoms with Crippen molar-refractivity contribution in [3.63, 3.8) is 0 Å². The van der Waals surface area contributed by atoms with Crippen LogP contribution in [0.3, 0.4) is 0 Å². The number of amides is 2. The maximum Gasteiger partial charge on any atom is 0.261 e. The van der Waals surface area contributed by atoms with Crippen LogP contribution >= 0.6 is 23.2 Å². The van der Waals surface area contributed by atoms with E-state index in [9.17, 15) is 9.59 Å². The van der Waals surface area contributed by atoms with Crippen molar-refractivity contribution in [2.24, 2.45) is 0 Å². The number of hydrogen-bond donors (Lipinski definition) is 1. The lowest BCUT2D eigenvalue weighted by Gasteiger charge is -2.32. The second-order valence-electron chi connectivity index (χ2n) is 8.81. The molecule has 0 aliphatic carbocycles. The van der Waals surface area contributed by atoms with Crippen LogP contribution in [0.15, 0.2) is 66.7 Å². The van der Waals surface area contributed by atoms with Crippen LogP contribution in [0, 0.1) is 13.8 Å². The van der Waals surface area contributed by atoms with Crippen molar-refractivity contribution in [2.45, 2.75) is 46.2 Å². The molecule has 0 heterocycles. The Bertz CT molecular complexity index is 1180. The molecular formula is C29H32Cl2N2O3. The minimum atomic E-state index is -0.749. The molecule has 3 rings (SSSR count). The minimum absolute atomic E-state index is 0.141. The second kappa shape index (κ2) is 13.3. The molecule has 0 spiro atoms. The predicted molar refractivity (Wildman–Crippen MR) is 146 cm³/mol. The van der Waals surface area contributed by atoms with Crippen LogP contribution in [0.1, 0.15) is 35.6 Å². The molecule has 36 heavy (non-hydrogen) atoms. The lowest BCUT2D eigenvalue weighted by Crippen LogP contribution is -2.51. The van der Waals surface area contributed by atoms with Gasteiger partial charge in [0.05, 0.1) is 0 Å². The molecule has 3 aromatic carbocycles. The summed E-state index contributed by atoms with van der Waals surface area (Å²) in [5.41, 5.74) is 3.70. The van der Waals surface area contributed by atoms with Crippen LogP contribution in [0.2, 0.25) is 10.0 Å². The van der Waals surface area contributed by atoms with Gasteiger partial charge in [0.25, 0.3) is 5.91 Å². The van der Waals surface area contributed by atoms with Crippen molar-refractivity contribution in [1.29, 1.82) is 0 Å². The number of hydrogen-bond acceptors (Lipinski definition) is 3. The van der Waals surface area contributed by atoms with Crippen molar-refractivity contribution in [1.82, 2.24) is 10.2 Å². The summed E-state index contributed by atoms with van der Waals surface area (Å²) in [7, 11) is 0. The first-order valence-electron chi connectivity index (χ1n) is 12.0. The summed E-state index contributed by atoms with van der Waals surface area (Å²) < 4.78 is 5.91. The van der Waals surface area contributed by atoms with Crippen molar-refractivity contribution in [3.8, 4) is 5.75 Å². The fourth-order valence-corrected chi connectivity index (χ4v) is 4.41. The van der Waals surface area contributed by atoms with E-state index in [0.717, 1.165) is 23.1 Å². The molecule has 190 valence electrons. The quantitative estimate of drug-likeness (QED) is 0.325. The molecule has 1 atom stereocenters. The molecule has 0 bridgehead atoms. The van der Waals surface area contributed by atoms with Gasteiger partial charge in [-0.15, -0.1) is 0 Å².